The Morgan fingerprint density at radius 1 is 1.12 bits per heavy atom. The lowest BCUT2D eigenvalue weighted by molar-refractivity contribution is 0.112. The molecule has 5 nitrogen and oxygen atoms in total. The number of rotatable bonds is 12. The van der Waals surface area contributed by atoms with Crippen LogP contribution in [0.5, 0.6) is 11.5 Å². The van der Waals surface area contributed by atoms with Gasteiger partial charge >= 0.3 is 0 Å². The zero-order chi connectivity index (χ0) is 25.7. The molecule has 1 aromatic rings. The number of benzene rings is 1. The van der Waals surface area contributed by atoms with Crippen molar-refractivity contribution >= 4 is 10.1 Å². The van der Waals surface area contributed by atoms with Gasteiger partial charge in [0.1, 0.15) is 29.0 Å². The van der Waals surface area contributed by atoms with Gasteiger partial charge in [-0.3, -0.25) is 4.55 Å². The number of allylic oxidation sites excluding steroid dienone is 1. The first-order chi connectivity index (χ1) is 15.8. The summed E-state index contributed by atoms with van der Waals surface area (Å²) in [5.41, 5.74) is 3.77. The minimum atomic E-state index is -4.11. The normalized spacial score (nSPS) is 20.3. The first-order valence-corrected chi connectivity index (χ1v) is 14.5. The summed E-state index contributed by atoms with van der Waals surface area (Å²) < 4.78 is 44.8. The average molecular weight is 495 g/mol. The monoisotopic (exact) mass is 494 g/mol. The van der Waals surface area contributed by atoms with E-state index < -0.39 is 22.0 Å². The average Bonchev–Trinajstić information content (AvgIpc) is 2.73. The quantitative estimate of drug-likeness (QED) is 0.247. The van der Waals surface area contributed by atoms with E-state index in [4.69, 9.17) is 9.47 Å². The van der Waals surface area contributed by atoms with E-state index in [1.165, 1.54) is 19.3 Å². The highest BCUT2D eigenvalue weighted by Gasteiger charge is 2.33. The zero-order valence-corrected chi connectivity index (χ0v) is 23.3. The minimum Gasteiger partial charge on any atom is -0.489 e. The fraction of sp³-hybridized carbons (Fsp3) is 0.714. The largest absolute Gasteiger partial charge is 0.489 e. The summed E-state index contributed by atoms with van der Waals surface area (Å²) >= 11 is 0. The van der Waals surface area contributed by atoms with Crippen molar-refractivity contribution in [1.29, 1.82) is 0 Å². The van der Waals surface area contributed by atoms with Gasteiger partial charge in [0.25, 0.3) is 10.1 Å². The van der Waals surface area contributed by atoms with Gasteiger partial charge in [0.05, 0.1) is 0 Å². The molecule has 0 bridgehead atoms. The van der Waals surface area contributed by atoms with Crippen molar-refractivity contribution in [1.82, 2.24) is 0 Å². The van der Waals surface area contributed by atoms with Gasteiger partial charge in [0.15, 0.2) is 0 Å². The molecule has 1 heterocycles. The topological polar surface area (TPSA) is 72.8 Å². The first kappa shape index (κ1) is 28.7. The van der Waals surface area contributed by atoms with E-state index in [9.17, 15) is 13.0 Å². The van der Waals surface area contributed by atoms with Gasteiger partial charge in [-0.25, -0.2) is 0 Å². The molecule has 0 spiro atoms. The lowest BCUT2D eigenvalue weighted by Gasteiger charge is -2.36. The second kappa shape index (κ2) is 11.9. The Bertz CT molecular complexity index is 964. The fourth-order valence-corrected chi connectivity index (χ4v) is 5.50. The maximum atomic E-state index is 11.4. The van der Waals surface area contributed by atoms with Crippen molar-refractivity contribution in [2.45, 2.75) is 112 Å². The second-order valence-corrected chi connectivity index (χ2v) is 12.4. The summed E-state index contributed by atoms with van der Waals surface area (Å²) in [5, 5.41) is 0. The molecule has 1 aromatic carbocycles. The second-order valence-electron chi connectivity index (χ2n) is 10.9. The molecule has 1 N–H and O–H groups in total. The third-order valence-corrected chi connectivity index (χ3v) is 7.93. The van der Waals surface area contributed by atoms with Crippen molar-refractivity contribution < 1.29 is 22.4 Å². The standard InChI is InChI=1S/C28H46O5S/c1-9-24(18-34(29,30)31)32-26-21(5)22(6)27-25(23(26)7)15-17-28(8,33-27)16-11-14-20(4)13-10-12-19(2)3/h11,16,19-20,24H,9-10,12-15,17-18H2,1-8H3,(H,29,30,31). The molecule has 3 atom stereocenters. The minimum absolute atomic E-state index is 0.340. The molecule has 1 aliphatic rings. The van der Waals surface area contributed by atoms with Gasteiger partial charge in [-0.05, 0) is 88.0 Å². The van der Waals surface area contributed by atoms with Crippen LogP contribution >= 0.6 is 0 Å². The predicted molar refractivity (Wildman–Crippen MR) is 141 cm³/mol. The molecule has 2 rings (SSSR count). The molecule has 0 radical (unpaired) electrons. The fourth-order valence-electron chi connectivity index (χ4n) is 4.73. The van der Waals surface area contributed by atoms with E-state index in [0.29, 0.717) is 18.1 Å². The van der Waals surface area contributed by atoms with Crippen molar-refractivity contribution in [3.8, 4) is 11.5 Å². The SMILES string of the molecule is CCC(CS(=O)(=O)O)Oc1c(C)c(C)c2c(c1C)CCC(C)(C=CCC(C)CCCC(C)C)O2. The molecule has 0 aliphatic carbocycles. The van der Waals surface area contributed by atoms with Crippen molar-refractivity contribution in [3.63, 3.8) is 0 Å². The highest BCUT2D eigenvalue weighted by Crippen LogP contribution is 2.44. The number of ether oxygens (including phenoxy) is 2. The van der Waals surface area contributed by atoms with Crippen LogP contribution in [0, 0.1) is 32.6 Å². The zero-order valence-electron chi connectivity index (χ0n) is 22.5. The number of fused-ring (bicyclic) bond motifs is 1. The molecule has 0 aromatic heterocycles. The van der Waals surface area contributed by atoms with Gasteiger partial charge in [0, 0.05) is 5.56 Å². The summed E-state index contributed by atoms with van der Waals surface area (Å²) in [4.78, 5) is 0. The Kier molecular flexibility index (Phi) is 10.1. The van der Waals surface area contributed by atoms with Gasteiger partial charge < -0.3 is 9.47 Å². The van der Waals surface area contributed by atoms with Crippen molar-refractivity contribution in [2.75, 3.05) is 5.75 Å². The van der Waals surface area contributed by atoms with Crippen LogP contribution in [0.15, 0.2) is 12.2 Å². The summed E-state index contributed by atoms with van der Waals surface area (Å²) in [5.74, 6) is 2.68. The van der Waals surface area contributed by atoms with Crippen LogP contribution in [0.25, 0.3) is 0 Å². The maximum absolute atomic E-state index is 11.4. The van der Waals surface area contributed by atoms with E-state index in [0.717, 1.165) is 53.2 Å². The Labute approximate surface area is 208 Å². The number of hydrogen-bond acceptors (Lipinski definition) is 4. The highest BCUT2D eigenvalue weighted by molar-refractivity contribution is 7.85. The highest BCUT2D eigenvalue weighted by atomic mass is 32.2. The van der Waals surface area contributed by atoms with Crippen molar-refractivity contribution in [3.05, 3.63) is 34.4 Å². The smallest absolute Gasteiger partial charge is 0.268 e. The molecule has 0 fully saturated rings. The van der Waals surface area contributed by atoms with Gasteiger partial charge in [-0.15, -0.1) is 0 Å². The molecule has 34 heavy (non-hydrogen) atoms. The van der Waals surface area contributed by atoms with Crippen LogP contribution in [0.3, 0.4) is 0 Å². The first-order valence-electron chi connectivity index (χ1n) is 12.9. The Balaban J connectivity index is 2.16. The van der Waals surface area contributed by atoms with Gasteiger partial charge in [-0.2, -0.15) is 8.42 Å². The van der Waals surface area contributed by atoms with E-state index >= 15 is 0 Å². The lowest BCUT2D eigenvalue weighted by Crippen LogP contribution is -2.35. The molecule has 1 aliphatic heterocycles. The van der Waals surface area contributed by atoms with Crippen LogP contribution in [0.4, 0.5) is 0 Å². The van der Waals surface area contributed by atoms with E-state index in [1.807, 2.05) is 27.7 Å². The summed E-state index contributed by atoms with van der Waals surface area (Å²) in [6.45, 7) is 17.0. The molecular weight excluding hydrogens is 448 g/mol. The number of hydrogen-bond donors (Lipinski definition) is 1. The van der Waals surface area contributed by atoms with Crippen molar-refractivity contribution in [2.24, 2.45) is 11.8 Å². The van der Waals surface area contributed by atoms with Gasteiger partial charge in [0.2, 0.25) is 0 Å². The summed E-state index contributed by atoms with van der Waals surface area (Å²) in [7, 11) is -4.11. The van der Waals surface area contributed by atoms with E-state index in [1.54, 1.807) is 0 Å². The molecule has 0 saturated carbocycles. The molecule has 6 heteroatoms. The summed E-state index contributed by atoms with van der Waals surface area (Å²) in [6, 6.07) is 0. The van der Waals surface area contributed by atoms with E-state index in [-0.39, 0.29) is 5.60 Å². The molecule has 3 unspecified atom stereocenters. The molecule has 0 amide bonds. The molecule has 0 saturated heterocycles. The van der Waals surface area contributed by atoms with Crippen LogP contribution in [0.2, 0.25) is 0 Å². The third kappa shape index (κ3) is 8.01. The summed E-state index contributed by atoms with van der Waals surface area (Å²) in [6.07, 6.45) is 11.1. The Morgan fingerprint density at radius 2 is 1.79 bits per heavy atom. The maximum Gasteiger partial charge on any atom is 0.268 e. The van der Waals surface area contributed by atoms with E-state index in [2.05, 4.69) is 39.8 Å². The van der Waals surface area contributed by atoms with Crippen LogP contribution in [-0.2, 0) is 16.5 Å². The predicted octanol–water partition coefficient (Wildman–Crippen LogP) is 7.15. The lowest BCUT2D eigenvalue weighted by atomic mass is 9.86. The van der Waals surface area contributed by atoms with Crippen LogP contribution < -0.4 is 9.47 Å². The molecule has 194 valence electrons. The van der Waals surface area contributed by atoms with Crippen LogP contribution in [0.1, 0.15) is 95.4 Å². The van der Waals surface area contributed by atoms with Gasteiger partial charge in [-0.1, -0.05) is 53.0 Å². The third-order valence-electron chi connectivity index (χ3n) is 7.14. The Hall–Kier alpha value is -1.53. The van der Waals surface area contributed by atoms with Crippen LogP contribution in [-0.4, -0.2) is 30.4 Å². The molecular formula is C28H46O5S. The Morgan fingerprint density at radius 3 is 2.38 bits per heavy atom.